The van der Waals surface area contributed by atoms with Gasteiger partial charge in [0, 0.05) is 13.3 Å². The molecule has 0 unspecified atom stereocenters. The van der Waals surface area contributed by atoms with Crippen molar-refractivity contribution >= 4 is 23.1 Å². The normalized spacial score (nSPS) is 16.1. The highest BCUT2D eigenvalue weighted by Crippen LogP contribution is 2.32. The first-order valence-corrected chi connectivity index (χ1v) is 6.37. The maximum atomic E-state index is 14.1. The monoisotopic (exact) mass is 278 g/mol. The van der Waals surface area contributed by atoms with Crippen LogP contribution in [0.25, 0.3) is 0 Å². The molecule has 1 aromatic rings. The van der Waals surface area contributed by atoms with E-state index in [2.05, 4.69) is 10.5 Å². The van der Waals surface area contributed by atoms with Crippen LogP contribution in [0, 0.1) is 5.82 Å². The van der Waals surface area contributed by atoms with Gasteiger partial charge in [-0.25, -0.2) is 4.39 Å². The standard InChI is InChI=1S/C14H15FN2O3/c1-3-8-9-4-5-11(17-20)14(19)13(9)12(6-10(8)15)16-7(2)18/h6,20H,3-5H2,1-2H3,(H,16,18)/b17-11+. The molecule has 0 bridgehead atoms. The van der Waals surface area contributed by atoms with E-state index >= 15 is 0 Å². The number of fused-ring (bicyclic) bond motifs is 1. The van der Waals surface area contributed by atoms with Crippen molar-refractivity contribution in [3.63, 3.8) is 0 Å². The molecule has 2 rings (SSSR count). The van der Waals surface area contributed by atoms with E-state index < -0.39 is 17.5 Å². The van der Waals surface area contributed by atoms with E-state index in [-0.39, 0.29) is 23.4 Å². The molecule has 0 saturated carbocycles. The third-order valence-corrected chi connectivity index (χ3v) is 3.38. The van der Waals surface area contributed by atoms with E-state index in [0.717, 1.165) is 6.07 Å². The van der Waals surface area contributed by atoms with E-state index in [0.29, 0.717) is 24.0 Å². The lowest BCUT2D eigenvalue weighted by Gasteiger charge is -2.22. The van der Waals surface area contributed by atoms with E-state index in [9.17, 15) is 14.0 Å². The van der Waals surface area contributed by atoms with Gasteiger partial charge in [0.25, 0.3) is 0 Å². The van der Waals surface area contributed by atoms with Crippen molar-refractivity contribution in [2.75, 3.05) is 5.32 Å². The summed E-state index contributed by atoms with van der Waals surface area (Å²) in [4.78, 5) is 23.5. The lowest BCUT2D eigenvalue weighted by molar-refractivity contribution is -0.114. The largest absolute Gasteiger partial charge is 0.411 e. The van der Waals surface area contributed by atoms with Gasteiger partial charge in [0.2, 0.25) is 11.7 Å². The molecular formula is C14H15FN2O3. The van der Waals surface area contributed by atoms with E-state index in [1.54, 1.807) is 6.92 Å². The molecule has 0 atom stereocenters. The molecule has 0 saturated heterocycles. The quantitative estimate of drug-likeness (QED) is 0.643. The Kier molecular flexibility index (Phi) is 3.83. The minimum Gasteiger partial charge on any atom is -0.411 e. The first-order chi connectivity index (χ1) is 9.49. The average molecular weight is 278 g/mol. The number of carbonyl (C=O) groups excluding carboxylic acids is 2. The van der Waals surface area contributed by atoms with Gasteiger partial charge in [0.15, 0.2) is 0 Å². The molecule has 1 amide bonds. The lowest BCUT2D eigenvalue weighted by atomic mass is 9.84. The highest BCUT2D eigenvalue weighted by atomic mass is 19.1. The molecule has 0 fully saturated rings. The summed E-state index contributed by atoms with van der Waals surface area (Å²) < 4.78 is 14.1. The molecule has 5 nitrogen and oxygen atoms in total. The predicted molar refractivity (Wildman–Crippen MR) is 72.0 cm³/mol. The van der Waals surface area contributed by atoms with Gasteiger partial charge >= 0.3 is 0 Å². The number of rotatable bonds is 2. The number of hydrogen-bond donors (Lipinski definition) is 2. The van der Waals surface area contributed by atoms with Crippen molar-refractivity contribution in [1.29, 1.82) is 0 Å². The van der Waals surface area contributed by atoms with Gasteiger partial charge in [-0.2, -0.15) is 0 Å². The Labute approximate surface area is 115 Å². The molecule has 0 aliphatic heterocycles. The van der Waals surface area contributed by atoms with Crippen molar-refractivity contribution in [1.82, 2.24) is 0 Å². The average Bonchev–Trinajstić information content (AvgIpc) is 2.38. The van der Waals surface area contributed by atoms with Crippen LogP contribution in [0.15, 0.2) is 11.2 Å². The van der Waals surface area contributed by atoms with Crippen LogP contribution in [0.5, 0.6) is 0 Å². The summed E-state index contributed by atoms with van der Waals surface area (Å²) in [6, 6.07) is 1.15. The summed E-state index contributed by atoms with van der Waals surface area (Å²) in [5.41, 5.74) is 1.46. The van der Waals surface area contributed by atoms with E-state index in [1.807, 2.05) is 0 Å². The summed E-state index contributed by atoms with van der Waals surface area (Å²) in [5, 5.41) is 14.3. The van der Waals surface area contributed by atoms with Gasteiger partial charge in [0.1, 0.15) is 11.5 Å². The second-order valence-electron chi connectivity index (χ2n) is 4.65. The fourth-order valence-corrected chi connectivity index (χ4v) is 2.55. The SMILES string of the molecule is CCc1c(F)cc(NC(C)=O)c2c1CC/C(=N\O)C2=O. The van der Waals surface area contributed by atoms with Crippen molar-refractivity contribution in [3.8, 4) is 0 Å². The number of benzene rings is 1. The minimum absolute atomic E-state index is 0.0257. The minimum atomic E-state index is -0.466. The number of anilines is 1. The maximum absolute atomic E-state index is 14.1. The molecule has 6 heteroatoms. The van der Waals surface area contributed by atoms with Crippen LogP contribution >= 0.6 is 0 Å². The first kappa shape index (κ1) is 14.2. The topological polar surface area (TPSA) is 78.8 Å². The van der Waals surface area contributed by atoms with Crippen LogP contribution in [0.4, 0.5) is 10.1 Å². The number of carbonyl (C=O) groups is 2. The number of nitrogens with one attached hydrogen (secondary N) is 1. The first-order valence-electron chi connectivity index (χ1n) is 6.37. The molecule has 1 aromatic carbocycles. The Morgan fingerprint density at radius 1 is 1.50 bits per heavy atom. The van der Waals surface area contributed by atoms with E-state index in [4.69, 9.17) is 5.21 Å². The van der Waals surface area contributed by atoms with Crippen LogP contribution in [0.2, 0.25) is 0 Å². The molecule has 106 valence electrons. The molecule has 20 heavy (non-hydrogen) atoms. The van der Waals surface area contributed by atoms with Crippen molar-refractivity contribution < 1.29 is 19.2 Å². The van der Waals surface area contributed by atoms with Crippen molar-refractivity contribution in [2.24, 2.45) is 5.16 Å². The third kappa shape index (κ3) is 2.29. The second kappa shape index (κ2) is 5.40. The number of ketones is 1. The lowest BCUT2D eigenvalue weighted by Crippen LogP contribution is -2.26. The van der Waals surface area contributed by atoms with Gasteiger partial charge in [-0.1, -0.05) is 12.1 Å². The van der Waals surface area contributed by atoms with Crippen LogP contribution < -0.4 is 5.32 Å². The zero-order chi connectivity index (χ0) is 14.9. The smallest absolute Gasteiger partial charge is 0.221 e. The third-order valence-electron chi connectivity index (χ3n) is 3.38. The zero-order valence-electron chi connectivity index (χ0n) is 11.3. The van der Waals surface area contributed by atoms with Gasteiger partial charge < -0.3 is 10.5 Å². The molecule has 0 radical (unpaired) electrons. The Balaban J connectivity index is 2.70. The molecule has 2 N–H and O–H groups in total. The van der Waals surface area contributed by atoms with Gasteiger partial charge in [0.05, 0.1) is 11.3 Å². The summed E-state index contributed by atoms with van der Waals surface area (Å²) in [6.45, 7) is 3.09. The summed E-state index contributed by atoms with van der Waals surface area (Å²) in [7, 11) is 0. The Bertz CT molecular complexity index is 623. The van der Waals surface area contributed by atoms with Crippen molar-refractivity contribution in [2.45, 2.75) is 33.1 Å². The number of halogens is 1. The number of Topliss-reactive ketones (excluding diaryl/α,β-unsaturated/α-hetero) is 1. The summed E-state index contributed by atoms with van der Waals surface area (Å²) in [5.74, 6) is -1.30. The number of oxime groups is 1. The van der Waals surface area contributed by atoms with Gasteiger partial charge in [-0.3, -0.25) is 9.59 Å². The van der Waals surface area contributed by atoms with Crippen molar-refractivity contribution in [3.05, 3.63) is 28.6 Å². The second-order valence-corrected chi connectivity index (χ2v) is 4.65. The van der Waals surface area contributed by atoms with Gasteiger partial charge in [-0.05, 0) is 30.0 Å². The highest BCUT2D eigenvalue weighted by Gasteiger charge is 2.30. The number of nitrogens with zero attached hydrogens (tertiary/aromatic N) is 1. The summed E-state index contributed by atoms with van der Waals surface area (Å²) >= 11 is 0. The van der Waals surface area contributed by atoms with Crippen LogP contribution in [0.1, 0.15) is 41.8 Å². The van der Waals surface area contributed by atoms with Gasteiger partial charge in [-0.15, -0.1) is 0 Å². The van der Waals surface area contributed by atoms with Crippen LogP contribution in [-0.2, 0) is 17.6 Å². The van der Waals surface area contributed by atoms with E-state index in [1.165, 1.54) is 6.92 Å². The fraction of sp³-hybridized carbons (Fsp3) is 0.357. The summed E-state index contributed by atoms with van der Waals surface area (Å²) in [6.07, 6.45) is 1.12. The van der Waals surface area contributed by atoms with Crippen LogP contribution in [-0.4, -0.2) is 22.6 Å². The Morgan fingerprint density at radius 2 is 2.20 bits per heavy atom. The molecule has 0 aromatic heterocycles. The fourth-order valence-electron chi connectivity index (χ4n) is 2.55. The number of hydrogen-bond acceptors (Lipinski definition) is 4. The van der Waals surface area contributed by atoms with Crippen LogP contribution in [0.3, 0.4) is 0 Å². The molecule has 1 aliphatic carbocycles. The molecule has 1 aliphatic rings. The zero-order valence-corrected chi connectivity index (χ0v) is 11.3. The maximum Gasteiger partial charge on any atom is 0.221 e. The molecular weight excluding hydrogens is 263 g/mol. The predicted octanol–water partition coefficient (Wildman–Crippen LogP) is 2.31. The highest BCUT2D eigenvalue weighted by molar-refractivity contribution is 6.48. The molecule has 0 spiro atoms. The number of amides is 1. The Hall–Kier alpha value is -2.24. The Morgan fingerprint density at radius 3 is 2.75 bits per heavy atom. The molecule has 0 heterocycles.